The maximum atomic E-state index is 11.8. The number of carbonyl (C=O) groups is 4. The minimum atomic E-state index is -1.04. The van der Waals surface area contributed by atoms with Crippen LogP contribution in [0.25, 0.3) is 0 Å². The number of aliphatic carboxylic acids is 4. The van der Waals surface area contributed by atoms with Crippen LogP contribution in [0.3, 0.4) is 0 Å². The van der Waals surface area contributed by atoms with Gasteiger partial charge in [-0.1, -0.05) is 0 Å². The van der Waals surface area contributed by atoms with E-state index in [1.165, 1.54) is 0 Å². The topological polar surface area (TPSA) is 188 Å². The highest BCUT2D eigenvalue weighted by molar-refractivity contribution is 5.73. The molecule has 1 atom stereocenters. The van der Waals surface area contributed by atoms with Gasteiger partial charge in [0.15, 0.2) is 0 Å². The van der Waals surface area contributed by atoms with Crippen molar-refractivity contribution in [2.45, 2.75) is 12.5 Å². The molecule has 0 aliphatic carbocycles. The smallest absolute Gasteiger partial charge is 0.320 e. The fourth-order valence-electron chi connectivity index (χ4n) is 3.53. The first-order chi connectivity index (χ1) is 14.6. The third-order valence-corrected chi connectivity index (χ3v) is 5.11. The number of nitrogens with two attached hydrogens (primary N) is 1. The highest BCUT2D eigenvalue weighted by atomic mass is 16.4. The summed E-state index contributed by atoms with van der Waals surface area (Å²) in [7, 11) is 0. The van der Waals surface area contributed by atoms with Crippen molar-refractivity contribution >= 4 is 23.9 Å². The Hall–Kier alpha value is -2.32. The van der Waals surface area contributed by atoms with E-state index in [-0.39, 0.29) is 85.0 Å². The Morgan fingerprint density at radius 1 is 0.645 bits per heavy atom. The fraction of sp³-hybridized carbons (Fsp3) is 0.778. The maximum Gasteiger partial charge on any atom is 0.320 e. The first-order valence-corrected chi connectivity index (χ1v) is 10.1. The third kappa shape index (κ3) is 11.0. The second-order valence-corrected chi connectivity index (χ2v) is 7.48. The van der Waals surface area contributed by atoms with Crippen LogP contribution in [-0.2, 0) is 19.2 Å². The Morgan fingerprint density at radius 2 is 0.968 bits per heavy atom. The van der Waals surface area contributed by atoms with Crippen LogP contribution < -0.4 is 5.73 Å². The zero-order valence-electron chi connectivity index (χ0n) is 17.6. The van der Waals surface area contributed by atoms with Crippen molar-refractivity contribution in [2.24, 2.45) is 5.73 Å². The summed E-state index contributed by atoms with van der Waals surface area (Å²) in [5, 5.41) is 37.1. The fourth-order valence-corrected chi connectivity index (χ4v) is 3.53. The highest BCUT2D eigenvalue weighted by Crippen LogP contribution is 2.08. The van der Waals surface area contributed by atoms with Gasteiger partial charge in [-0.05, 0) is 13.0 Å². The van der Waals surface area contributed by atoms with Gasteiger partial charge in [-0.3, -0.25) is 38.8 Å². The summed E-state index contributed by atoms with van der Waals surface area (Å²) in [6.07, 6.45) is 0.208. The van der Waals surface area contributed by atoms with Crippen LogP contribution in [0, 0.1) is 0 Å². The predicted molar refractivity (Wildman–Crippen MR) is 109 cm³/mol. The van der Waals surface area contributed by atoms with Gasteiger partial charge in [-0.25, -0.2) is 0 Å². The lowest BCUT2D eigenvalue weighted by Crippen LogP contribution is -2.52. The summed E-state index contributed by atoms with van der Waals surface area (Å²) in [5.74, 6) is -4.14. The van der Waals surface area contributed by atoms with E-state index in [9.17, 15) is 34.5 Å². The molecule has 13 nitrogen and oxygen atoms in total. The van der Waals surface area contributed by atoms with Gasteiger partial charge in [0, 0.05) is 52.4 Å². The van der Waals surface area contributed by atoms with Crippen LogP contribution in [0.2, 0.25) is 0 Å². The molecule has 1 rings (SSSR count). The third-order valence-electron chi connectivity index (χ3n) is 5.11. The second-order valence-electron chi connectivity index (χ2n) is 7.48. The lowest BCUT2D eigenvalue weighted by atomic mass is 10.1. The van der Waals surface area contributed by atoms with Crippen LogP contribution in [-0.4, -0.2) is 148 Å². The first kappa shape index (κ1) is 26.7. The molecule has 6 N–H and O–H groups in total. The molecule has 0 aromatic heterocycles. The Morgan fingerprint density at radius 3 is 1.23 bits per heavy atom. The van der Waals surface area contributed by atoms with Crippen molar-refractivity contribution in [3.05, 3.63) is 0 Å². The van der Waals surface area contributed by atoms with Gasteiger partial charge in [-0.2, -0.15) is 0 Å². The molecule has 1 aliphatic rings. The van der Waals surface area contributed by atoms with E-state index in [1.54, 1.807) is 19.6 Å². The van der Waals surface area contributed by atoms with Crippen molar-refractivity contribution < 1.29 is 39.6 Å². The molecule has 0 radical (unpaired) electrons. The van der Waals surface area contributed by atoms with Gasteiger partial charge in [0.1, 0.15) is 6.04 Å². The van der Waals surface area contributed by atoms with Crippen molar-refractivity contribution in [1.29, 1.82) is 0 Å². The van der Waals surface area contributed by atoms with Crippen LogP contribution in [0.5, 0.6) is 0 Å². The Bertz CT molecular complexity index is 588. The van der Waals surface area contributed by atoms with Crippen molar-refractivity contribution in [2.75, 3.05) is 78.5 Å². The summed E-state index contributed by atoms with van der Waals surface area (Å²) in [4.78, 5) is 52.0. The Labute approximate surface area is 180 Å². The molecule has 13 heteroatoms. The number of hydrogen-bond donors (Lipinski definition) is 5. The molecule has 31 heavy (non-hydrogen) atoms. The molecule has 1 unspecified atom stereocenters. The first-order valence-electron chi connectivity index (χ1n) is 10.1. The van der Waals surface area contributed by atoms with Gasteiger partial charge in [-0.15, -0.1) is 0 Å². The maximum absolute atomic E-state index is 11.8. The molecule has 0 aromatic rings. The van der Waals surface area contributed by atoms with Gasteiger partial charge in [0.25, 0.3) is 0 Å². The van der Waals surface area contributed by atoms with Crippen LogP contribution in [0.4, 0.5) is 0 Å². The van der Waals surface area contributed by atoms with Gasteiger partial charge < -0.3 is 26.2 Å². The molecule has 1 fully saturated rings. The number of carboxylic acid groups (broad SMARTS) is 4. The summed E-state index contributed by atoms with van der Waals surface area (Å²) < 4.78 is 0. The number of nitrogens with zero attached hydrogens (tertiary/aromatic N) is 4. The van der Waals surface area contributed by atoms with Crippen LogP contribution in [0.1, 0.15) is 6.42 Å². The van der Waals surface area contributed by atoms with Gasteiger partial charge in [0.2, 0.25) is 0 Å². The molecule has 1 heterocycles. The Kier molecular flexibility index (Phi) is 12.0. The molecule has 1 saturated heterocycles. The summed E-state index contributed by atoms with van der Waals surface area (Å²) in [6.45, 7) is 1.57. The lowest BCUT2D eigenvalue weighted by molar-refractivity contribution is -0.145. The molecular formula is C18H33N5O8. The lowest BCUT2D eigenvalue weighted by Gasteiger charge is -2.35. The Balaban J connectivity index is 3.06. The molecule has 0 amide bonds. The number of rotatable bonds is 10. The zero-order valence-corrected chi connectivity index (χ0v) is 17.6. The van der Waals surface area contributed by atoms with E-state index >= 15 is 0 Å². The average molecular weight is 447 g/mol. The van der Waals surface area contributed by atoms with Crippen molar-refractivity contribution in [3.8, 4) is 0 Å². The molecule has 0 aromatic carbocycles. The van der Waals surface area contributed by atoms with Crippen LogP contribution >= 0.6 is 0 Å². The summed E-state index contributed by atoms with van der Waals surface area (Å²) in [6, 6.07) is -0.866. The normalized spacial score (nSPS) is 19.8. The monoisotopic (exact) mass is 447 g/mol. The molecule has 0 bridgehead atoms. The van der Waals surface area contributed by atoms with Crippen LogP contribution in [0.15, 0.2) is 0 Å². The summed E-state index contributed by atoms with van der Waals surface area (Å²) >= 11 is 0. The minimum Gasteiger partial charge on any atom is -0.480 e. The van der Waals surface area contributed by atoms with E-state index < -0.39 is 29.9 Å². The second kappa shape index (κ2) is 13.9. The largest absolute Gasteiger partial charge is 0.480 e. The SMILES string of the molecule is NCCC(C(=O)O)N1CCN(CC(=O)O)CCN(CC(=O)O)CCN(CC(=O)O)CC1. The van der Waals surface area contributed by atoms with Crippen molar-refractivity contribution in [1.82, 2.24) is 19.6 Å². The predicted octanol–water partition coefficient (Wildman–Crippen LogP) is -2.74. The molecular weight excluding hydrogens is 414 g/mol. The van der Waals surface area contributed by atoms with E-state index in [0.29, 0.717) is 0 Å². The molecule has 178 valence electrons. The number of hydrogen-bond acceptors (Lipinski definition) is 9. The van der Waals surface area contributed by atoms with E-state index in [1.807, 2.05) is 0 Å². The standard InChI is InChI=1S/C18H33N5O8/c19-2-1-14(18(30)31)23-9-7-21(12-16(26)27)5-3-20(11-15(24)25)4-6-22(8-10-23)13-17(28)29/h14H,1-13,19H2,(H,24,25)(H,26,27)(H,28,29)(H,30,31). The van der Waals surface area contributed by atoms with Crippen molar-refractivity contribution in [3.63, 3.8) is 0 Å². The van der Waals surface area contributed by atoms with Gasteiger partial charge >= 0.3 is 23.9 Å². The quantitative estimate of drug-likeness (QED) is 0.232. The van der Waals surface area contributed by atoms with E-state index in [2.05, 4.69) is 0 Å². The summed E-state index contributed by atoms with van der Waals surface area (Å²) in [5.41, 5.74) is 5.57. The van der Waals surface area contributed by atoms with E-state index in [0.717, 1.165) is 0 Å². The zero-order chi connectivity index (χ0) is 23.4. The van der Waals surface area contributed by atoms with Gasteiger partial charge in [0.05, 0.1) is 19.6 Å². The number of carboxylic acids is 4. The highest BCUT2D eigenvalue weighted by Gasteiger charge is 2.27. The van der Waals surface area contributed by atoms with E-state index in [4.69, 9.17) is 10.8 Å². The molecule has 0 spiro atoms. The molecule has 0 saturated carbocycles. The molecule has 1 aliphatic heterocycles. The average Bonchev–Trinajstić information content (AvgIpc) is 2.65. The minimum absolute atomic E-state index is 0.162.